The molecule has 5 rings (SSSR count). The SMILES string of the molecule is N[C@@H]1C[C@]23CCN(CC4CC4)[C@H](Cc4ccc(O)cc42)[C@]3(O)C1. The Hall–Kier alpha value is -1.10. The van der Waals surface area contributed by atoms with Gasteiger partial charge in [0.15, 0.2) is 0 Å². The highest BCUT2D eigenvalue weighted by atomic mass is 16.3. The van der Waals surface area contributed by atoms with E-state index in [9.17, 15) is 10.2 Å². The Bertz CT molecular complexity index is 659. The van der Waals surface area contributed by atoms with Crippen molar-refractivity contribution in [2.75, 3.05) is 13.1 Å². The van der Waals surface area contributed by atoms with Gasteiger partial charge in [-0.3, -0.25) is 4.90 Å². The molecular weight excluding hydrogens is 288 g/mol. The van der Waals surface area contributed by atoms with E-state index in [1.54, 1.807) is 6.07 Å². The zero-order valence-corrected chi connectivity index (χ0v) is 13.5. The number of benzene rings is 1. The molecule has 23 heavy (non-hydrogen) atoms. The van der Waals surface area contributed by atoms with Crippen LogP contribution in [0.2, 0.25) is 0 Å². The van der Waals surface area contributed by atoms with Crippen molar-refractivity contribution in [2.24, 2.45) is 11.7 Å². The Morgan fingerprint density at radius 3 is 2.87 bits per heavy atom. The summed E-state index contributed by atoms with van der Waals surface area (Å²) in [7, 11) is 0. The number of piperidine rings is 1. The first-order chi connectivity index (χ1) is 11.0. The van der Waals surface area contributed by atoms with Gasteiger partial charge in [-0.15, -0.1) is 0 Å². The van der Waals surface area contributed by atoms with Crippen molar-refractivity contribution in [3.63, 3.8) is 0 Å². The van der Waals surface area contributed by atoms with E-state index in [1.165, 1.54) is 18.4 Å². The molecule has 3 aliphatic carbocycles. The minimum absolute atomic E-state index is 0.0525. The maximum atomic E-state index is 11.8. The molecule has 1 heterocycles. The Morgan fingerprint density at radius 1 is 1.26 bits per heavy atom. The van der Waals surface area contributed by atoms with E-state index in [4.69, 9.17) is 5.73 Å². The molecule has 3 fully saturated rings. The fraction of sp³-hybridized carbons (Fsp3) is 0.684. The largest absolute Gasteiger partial charge is 0.508 e. The highest BCUT2D eigenvalue weighted by Gasteiger charge is 2.66. The van der Waals surface area contributed by atoms with Gasteiger partial charge < -0.3 is 15.9 Å². The van der Waals surface area contributed by atoms with Gasteiger partial charge in [0.1, 0.15) is 5.75 Å². The summed E-state index contributed by atoms with van der Waals surface area (Å²) in [5.41, 5.74) is 7.81. The van der Waals surface area contributed by atoms with Crippen molar-refractivity contribution < 1.29 is 10.2 Å². The molecule has 0 radical (unpaired) electrons. The maximum absolute atomic E-state index is 11.8. The molecule has 2 bridgehead atoms. The van der Waals surface area contributed by atoms with Crippen LogP contribution in [0.4, 0.5) is 0 Å². The van der Waals surface area contributed by atoms with Gasteiger partial charge in [-0.2, -0.15) is 0 Å². The van der Waals surface area contributed by atoms with Crippen molar-refractivity contribution in [2.45, 2.75) is 61.6 Å². The number of nitrogens with zero attached hydrogens (tertiary/aromatic N) is 1. The first kappa shape index (κ1) is 14.3. The van der Waals surface area contributed by atoms with Crippen LogP contribution in [0.15, 0.2) is 18.2 Å². The number of likely N-dealkylation sites (tertiary alicyclic amines) is 1. The zero-order valence-electron chi connectivity index (χ0n) is 13.5. The van der Waals surface area contributed by atoms with Crippen LogP contribution in [0, 0.1) is 5.92 Å². The lowest BCUT2D eigenvalue weighted by Crippen LogP contribution is -2.69. The van der Waals surface area contributed by atoms with Crippen molar-refractivity contribution in [1.82, 2.24) is 4.90 Å². The van der Waals surface area contributed by atoms with Crippen LogP contribution in [0.25, 0.3) is 0 Å². The topological polar surface area (TPSA) is 69.7 Å². The number of hydrogen-bond donors (Lipinski definition) is 3. The third-order valence-corrected chi connectivity index (χ3v) is 7.04. The molecule has 0 unspecified atom stereocenters. The maximum Gasteiger partial charge on any atom is 0.115 e. The van der Waals surface area contributed by atoms with Gasteiger partial charge >= 0.3 is 0 Å². The molecule has 2 saturated carbocycles. The lowest BCUT2D eigenvalue weighted by atomic mass is 9.56. The van der Waals surface area contributed by atoms with E-state index in [-0.39, 0.29) is 17.5 Å². The van der Waals surface area contributed by atoms with Gasteiger partial charge in [0.05, 0.1) is 5.60 Å². The lowest BCUT2D eigenvalue weighted by molar-refractivity contribution is -0.131. The number of hydrogen-bond acceptors (Lipinski definition) is 4. The van der Waals surface area contributed by atoms with Crippen LogP contribution in [0.3, 0.4) is 0 Å². The summed E-state index contributed by atoms with van der Waals surface area (Å²) in [5, 5.41) is 21.8. The third-order valence-electron chi connectivity index (χ3n) is 7.04. The molecule has 4 N–H and O–H groups in total. The second-order valence-electron chi connectivity index (χ2n) is 8.42. The molecule has 1 aromatic carbocycles. The minimum atomic E-state index is -0.736. The second-order valence-corrected chi connectivity index (χ2v) is 8.42. The number of aliphatic hydroxyl groups is 1. The minimum Gasteiger partial charge on any atom is -0.508 e. The molecule has 0 aromatic heterocycles. The van der Waals surface area contributed by atoms with Gasteiger partial charge in [0.2, 0.25) is 0 Å². The van der Waals surface area contributed by atoms with Gasteiger partial charge in [-0.05, 0) is 74.2 Å². The molecule has 1 saturated heterocycles. The summed E-state index contributed by atoms with van der Waals surface area (Å²) in [6.45, 7) is 2.18. The molecular formula is C19H26N2O2. The molecule has 0 amide bonds. The molecule has 4 heteroatoms. The van der Waals surface area contributed by atoms with Crippen LogP contribution in [-0.2, 0) is 11.8 Å². The molecule has 4 nitrogen and oxygen atoms in total. The fourth-order valence-corrected chi connectivity index (χ4v) is 5.88. The number of fused-ring (bicyclic) bond motifs is 1. The lowest BCUT2D eigenvalue weighted by Gasteiger charge is -2.59. The van der Waals surface area contributed by atoms with Crippen molar-refractivity contribution >= 4 is 0 Å². The fourth-order valence-electron chi connectivity index (χ4n) is 5.88. The van der Waals surface area contributed by atoms with Crippen LogP contribution in [-0.4, -0.2) is 45.9 Å². The average Bonchev–Trinajstić information content (AvgIpc) is 3.25. The van der Waals surface area contributed by atoms with E-state index in [2.05, 4.69) is 11.0 Å². The predicted molar refractivity (Wildman–Crippen MR) is 88.4 cm³/mol. The van der Waals surface area contributed by atoms with E-state index in [0.29, 0.717) is 12.2 Å². The van der Waals surface area contributed by atoms with Gasteiger partial charge in [0, 0.05) is 24.0 Å². The summed E-state index contributed by atoms with van der Waals surface area (Å²) in [5.74, 6) is 1.14. The number of aromatic hydroxyl groups is 1. The number of phenolic OH excluding ortho intramolecular Hbond substituents is 1. The Kier molecular flexibility index (Phi) is 2.79. The molecule has 0 spiro atoms. The van der Waals surface area contributed by atoms with E-state index in [0.717, 1.165) is 43.8 Å². The average molecular weight is 314 g/mol. The van der Waals surface area contributed by atoms with E-state index < -0.39 is 5.60 Å². The van der Waals surface area contributed by atoms with Crippen LogP contribution in [0.1, 0.15) is 43.2 Å². The third kappa shape index (κ3) is 1.83. The number of rotatable bonds is 2. The smallest absolute Gasteiger partial charge is 0.115 e. The van der Waals surface area contributed by atoms with Gasteiger partial charge in [0.25, 0.3) is 0 Å². The van der Waals surface area contributed by atoms with E-state index >= 15 is 0 Å². The highest BCUT2D eigenvalue weighted by Crippen LogP contribution is 2.60. The predicted octanol–water partition coefficient (Wildman–Crippen LogP) is 1.52. The Morgan fingerprint density at radius 2 is 2.09 bits per heavy atom. The van der Waals surface area contributed by atoms with Crippen molar-refractivity contribution in [3.05, 3.63) is 29.3 Å². The van der Waals surface area contributed by atoms with Gasteiger partial charge in [-0.25, -0.2) is 0 Å². The summed E-state index contributed by atoms with van der Waals surface area (Å²) in [4.78, 5) is 2.55. The van der Waals surface area contributed by atoms with Crippen molar-refractivity contribution in [1.29, 1.82) is 0 Å². The molecule has 124 valence electrons. The molecule has 4 aliphatic rings. The Labute approximate surface area is 137 Å². The Balaban J connectivity index is 1.64. The first-order valence-electron chi connectivity index (χ1n) is 9.06. The van der Waals surface area contributed by atoms with E-state index in [1.807, 2.05) is 6.07 Å². The van der Waals surface area contributed by atoms with Crippen LogP contribution < -0.4 is 5.73 Å². The number of phenols is 1. The first-order valence-corrected chi connectivity index (χ1v) is 9.06. The molecule has 1 aliphatic heterocycles. The van der Waals surface area contributed by atoms with Crippen LogP contribution in [0.5, 0.6) is 5.75 Å². The second kappa shape index (κ2) is 4.50. The monoisotopic (exact) mass is 314 g/mol. The highest BCUT2D eigenvalue weighted by molar-refractivity contribution is 5.49. The van der Waals surface area contributed by atoms with Crippen molar-refractivity contribution in [3.8, 4) is 5.75 Å². The summed E-state index contributed by atoms with van der Waals surface area (Å²) >= 11 is 0. The molecule has 1 aromatic rings. The normalized spacial score (nSPS) is 42.3. The molecule has 4 atom stereocenters. The standard InChI is InChI=1S/C19H26N2O2/c20-14-9-18-5-6-21(11-12-1-2-12)17(19(18,23)10-14)7-13-3-4-15(22)8-16(13)18/h3-4,8,12,14,17,22-23H,1-2,5-7,9-11,20H2/t14-,17-,18-,19-/m1/s1. The zero-order chi connectivity index (χ0) is 15.8. The quantitative estimate of drug-likeness (QED) is 0.774. The summed E-state index contributed by atoms with van der Waals surface area (Å²) < 4.78 is 0. The van der Waals surface area contributed by atoms with Gasteiger partial charge in [-0.1, -0.05) is 6.07 Å². The number of nitrogens with two attached hydrogens (primary N) is 1. The van der Waals surface area contributed by atoms with Crippen LogP contribution >= 0.6 is 0 Å². The summed E-state index contributed by atoms with van der Waals surface area (Å²) in [6, 6.07) is 5.98. The summed E-state index contributed by atoms with van der Waals surface area (Å²) in [6.07, 6.45) is 6.05.